The second-order valence-corrected chi connectivity index (χ2v) is 6.92. The van der Waals surface area contributed by atoms with E-state index in [0.29, 0.717) is 55.6 Å². The van der Waals surface area contributed by atoms with Gasteiger partial charge in [0.05, 0.1) is 13.7 Å². The molecule has 1 saturated heterocycles. The minimum absolute atomic E-state index is 0.0335. The van der Waals surface area contributed by atoms with Crippen LogP contribution in [0.25, 0.3) is 0 Å². The van der Waals surface area contributed by atoms with Gasteiger partial charge in [0.25, 0.3) is 11.8 Å². The van der Waals surface area contributed by atoms with Crippen LogP contribution in [0.15, 0.2) is 48.5 Å². The van der Waals surface area contributed by atoms with Gasteiger partial charge in [-0.05, 0) is 49.7 Å². The molecule has 2 amide bonds. The Morgan fingerprint density at radius 2 is 1.50 bits per heavy atom. The van der Waals surface area contributed by atoms with E-state index < -0.39 is 0 Å². The molecule has 0 N–H and O–H groups in total. The van der Waals surface area contributed by atoms with Crippen LogP contribution >= 0.6 is 0 Å². The van der Waals surface area contributed by atoms with Crippen LogP contribution in [-0.4, -0.2) is 68.1 Å². The summed E-state index contributed by atoms with van der Waals surface area (Å²) in [7, 11) is 1.59. The third-order valence-electron chi connectivity index (χ3n) is 4.97. The summed E-state index contributed by atoms with van der Waals surface area (Å²) in [4.78, 5) is 29.0. The second kappa shape index (κ2) is 10.5. The van der Waals surface area contributed by atoms with Crippen molar-refractivity contribution in [2.24, 2.45) is 0 Å². The van der Waals surface area contributed by atoms with E-state index in [0.717, 1.165) is 6.42 Å². The van der Waals surface area contributed by atoms with Crippen LogP contribution in [0.4, 0.5) is 0 Å². The number of nitrogens with zero attached hydrogens (tertiary/aromatic N) is 2. The highest BCUT2D eigenvalue weighted by atomic mass is 16.5. The zero-order chi connectivity index (χ0) is 21.3. The maximum absolute atomic E-state index is 12.8. The lowest BCUT2D eigenvalue weighted by molar-refractivity contribution is -0.133. The Morgan fingerprint density at radius 1 is 0.867 bits per heavy atom. The van der Waals surface area contributed by atoms with Crippen LogP contribution in [-0.2, 0) is 4.79 Å². The molecule has 1 aliphatic heterocycles. The van der Waals surface area contributed by atoms with Crippen LogP contribution in [0.5, 0.6) is 17.2 Å². The van der Waals surface area contributed by atoms with E-state index in [2.05, 4.69) is 0 Å². The van der Waals surface area contributed by atoms with E-state index in [-0.39, 0.29) is 18.4 Å². The number of hydrogen-bond donors (Lipinski definition) is 0. The van der Waals surface area contributed by atoms with Gasteiger partial charge < -0.3 is 24.0 Å². The second-order valence-electron chi connectivity index (χ2n) is 6.92. The first-order valence-electron chi connectivity index (χ1n) is 10.2. The summed E-state index contributed by atoms with van der Waals surface area (Å²) in [6, 6.07) is 14.4. The summed E-state index contributed by atoms with van der Waals surface area (Å²) in [6.07, 6.45) is 0.725. The van der Waals surface area contributed by atoms with E-state index >= 15 is 0 Å². The van der Waals surface area contributed by atoms with E-state index in [4.69, 9.17) is 14.2 Å². The predicted molar refractivity (Wildman–Crippen MR) is 113 cm³/mol. The lowest BCUT2D eigenvalue weighted by Crippen LogP contribution is -2.39. The van der Waals surface area contributed by atoms with Gasteiger partial charge in [0.15, 0.2) is 18.1 Å². The first kappa shape index (κ1) is 21.5. The highest BCUT2D eigenvalue weighted by Gasteiger charge is 2.23. The monoisotopic (exact) mass is 412 g/mol. The molecule has 0 aromatic heterocycles. The largest absolute Gasteiger partial charge is 0.497 e. The molecule has 0 unspecified atom stereocenters. The molecule has 0 bridgehead atoms. The van der Waals surface area contributed by atoms with E-state index in [1.807, 2.05) is 25.1 Å². The lowest BCUT2D eigenvalue weighted by Gasteiger charge is -2.22. The fourth-order valence-electron chi connectivity index (χ4n) is 3.36. The molecule has 2 aromatic rings. The molecule has 7 nitrogen and oxygen atoms in total. The molecule has 0 saturated carbocycles. The Balaban J connectivity index is 1.54. The molecular formula is C23H28N2O5. The number of methoxy groups -OCH3 is 1. The number of para-hydroxylation sites is 2. The summed E-state index contributed by atoms with van der Waals surface area (Å²) in [6.45, 7) is 4.56. The van der Waals surface area contributed by atoms with E-state index in [9.17, 15) is 9.59 Å². The Kier molecular flexibility index (Phi) is 7.54. The van der Waals surface area contributed by atoms with Crippen LogP contribution in [0, 0.1) is 0 Å². The molecule has 1 fully saturated rings. The maximum Gasteiger partial charge on any atom is 0.260 e. The van der Waals surface area contributed by atoms with Gasteiger partial charge >= 0.3 is 0 Å². The SMILES string of the molecule is CCOc1ccccc1OCC(=O)N1CCCN(C(=O)c2ccc(OC)cc2)CC1. The van der Waals surface area contributed by atoms with Crippen molar-refractivity contribution < 1.29 is 23.8 Å². The molecule has 30 heavy (non-hydrogen) atoms. The van der Waals surface area contributed by atoms with Crippen molar-refractivity contribution >= 4 is 11.8 Å². The number of carbonyl (C=O) groups is 2. The van der Waals surface area contributed by atoms with Crippen LogP contribution in [0.1, 0.15) is 23.7 Å². The Bertz CT molecular complexity index is 853. The molecule has 2 aromatic carbocycles. The Hall–Kier alpha value is -3.22. The molecule has 1 aliphatic rings. The molecule has 0 spiro atoms. The average Bonchev–Trinajstić information content (AvgIpc) is 3.04. The summed E-state index contributed by atoms with van der Waals surface area (Å²) in [5, 5.41) is 0. The third-order valence-corrected chi connectivity index (χ3v) is 4.97. The van der Waals surface area contributed by atoms with Gasteiger partial charge in [-0.2, -0.15) is 0 Å². The minimum Gasteiger partial charge on any atom is -0.497 e. The first-order chi connectivity index (χ1) is 14.6. The first-order valence-corrected chi connectivity index (χ1v) is 10.2. The highest BCUT2D eigenvalue weighted by molar-refractivity contribution is 5.94. The summed E-state index contributed by atoms with van der Waals surface area (Å²) < 4.78 is 16.4. The van der Waals surface area contributed by atoms with E-state index in [1.54, 1.807) is 47.2 Å². The van der Waals surface area contributed by atoms with Crippen molar-refractivity contribution in [3.63, 3.8) is 0 Å². The number of ether oxygens (including phenoxy) is 3. The van der Waals surface area contributed by atoms with Crippen molar-refractivity contribution in [1.29, 1.82) is 0 Å². The van der Waals surface area contributed by atoms with Crippen molar-refractivity contribution in [3.05, 3.63) is 54.1 Å². The molecule has 7 heteroatoms. The highest BCUT2D eigenvalue weighted by Crippen LogP contribution is 2.26. The van der Waals surface area contributed by atoms with Gasteiger partial charge in [-0.15, -0.1) is 0 Å². The topological polar surface area (TPSA) is 68.3 Å². The maximum atomic E-state index is 12.8. The molecule has 1 heterocycles. The van der Waals surface area contributed by atoms with Crippen LogP contribution in [0.2, 0.25) is 0 Å². The van der Waals surface area contributed by atoms with Crippen LogP contribution < -0.4 is 14.2 Å². The van der Waals surface area contributed by atoms with E-state index in [1.165, 1.54) is 0 Å². The zero-order valence-corrected chi connectivity index (χ0v) is 17.5. The fourth-order valence-corrected chi connectivity index (χ4v) is 3.36. The number of carbonyl (C=O) groups excluding carboxylic acids is 2. The van der Waals surface area contributed by atoms with Gasteiger partial charge in [0.1, 0.15) is 5.75 Å². The van der Waals surface area contributed by atoms with Crippen molar-refractivity contribution in [2.75, 3.05) is 46.5 Å². The molecule has 0 atom stereocenters. The van der Waals surface area contributed by atoms with Crippen molar-refractivity contribution in [3.8, 4) is 17.2 Å². The van der Waals surface area contributed by atoms with Crippen molar-refractivity contribution in [1.82, 2.24) is 9.80 Å². The van der Waals surface area contributed by atoms with Gasteiger partial charge in [-0.3, -0.25) is 9.59 Å². The summed E-state index contributed by atoms with van der Waals surface area (Å²) in [5.74, 6) is 1.76. The summed E-state index contributed by atoms with van der Waals surface area (Å²) >= 11 is 0. The molecular weight excluding hydrogens is 384 g/mol. The summed E-state index contributed by atoms with van der Waals surface area (Å²) in [5.41, 5.74) is 0.617. The quantitative estimate of drug-likeness (QED) is 0.700. The van der Waals surface area contributed by atoms with Gasteiger partial charge in [0.2, 0.25) is 0 Å². The molecule has 0 aliphatic carbocycles. The lowest BCUT2D eigenvalue weighted by atomic mass is 10.2. The van der Waals surface area contributed by atoms with Gasteiger partial charge in [0, 0.05) is 31.7 Å². The predicted octanol–water partition coefficient (Wildman–Crippen LogP) is 2.85. The number of hydrogen-bond acceptors (Lipinski definition) is 5. The van der Waals surface area contributed by atoms with Crippen molar-refractivity contribution in [2.45, 2.75) is 13.3 Å². The number of amides is 2. The third kappa shape index (κ3) is 5.43. The zero-order valence-electron chi connectivity index (χ0n) is 17.5. The molecule has 0 radical (unpaired) electrons. The number of rotatable bonds is 7. The average molecular weight is 412 g/mol. The van der Waals surface area contributed by atoms with Crippen LogP contribution in [0.3, 0.4) is 0 Å². The normalized spacial score (nSPS) is 14.1. The number of benzene rings is 2. The van der Waals surface area contributed by atoms with Gasteiger partial charge in [-0.25, -0.2) is 0 Å². The molecule has 160 valence electrons. The Labute approximate surface area is 177 Å². The Morgan fingerprint density at radius 3 is 2.17 bits per heavy atom. The molecule has 3 rings (SSSR count). The minimum atomic E-state index is -0.0972. The van der Waals surface area contributed by atoms with Gasteiger partial charge in [-0.1, -0.05) is 12.1 Å². The fraction of sp³-hybridized carbons (Fsp3) is 0.391. The standard InChI is InChI=1S/C23H28N2O5/c1-3-29-20-7-4-5-8-21(20)30-17-22(26)24-13-6-14-25(16-15-24)23(27)18-9-11-19(28-2)12-10-18/h4-5,7-12H,3,6,13-17H2,1-2H3. The smallest absolute Gasteiger partial charge is 0.260 e.